The Hall–Kier alpha value is 0.347. The number of rotatable bonds is 6. The van der Waals surface area contributed by atoms with Crippen LogP contribution >= 0.6 is 22.6 Å². The predicted octanol–water partition coefficient (Wildman–Crippen LogP) is 7.11. The van der Waals surface area contributed by atoms with E-state index in [-0.39, 0.29) is 11.7 Å². The summed E-state index contributed by atoms with van der Waals surface area (Å²) >= 11 is 2.47. The minimum atomic E-state index is -1.54. The highest BCUT2D eigenvalue weighted by molar-refractivity contribution is 14.1. The Labute approximate surface area is 181 Å². The van der Waals surface area contributed by atoms with Crippen LogP contribution in [0.5, 0.6) is 0 Å². The van der Waals surface area contributed by atoms with Crippen LogP contribution in [-0.4, -0.2) is 26.6 Å². The Morgan fingerprint density at radius 1 is 1.30 bits per heavy atom. The summed E-state index contributed by atoms with van der Waals surface area (Å²) in [6, 6.07) is 0. The van der Waals surface area contributed by atoms with Crippen molar-refractivity contribution < 1.29 is 9.16 Å². The molecule has 3 rings (SSSR count). The Balaban J connectivity index is 1.55. The summed E-state index contributed by atoms with van der Waals surface area (Å²) in [6.45, 7) is 14.9. The zero-order valence-electron chi connectivity index (χ0n) is 18.2. The SMILES string of the molecule is C[C@@H](CO[C@H]1C=C[C@@](C)(O[Si](C)(C)C)C1)[C@H]1CCC2/C(=C/I)CCC[C@@]21C. The van der Waals surface area contributed by atoms with Crippen molar-refractivity contribution in [2.75, 3.05) is 6.61 Å². The summed E-state index contributed by atoms with van der Waals surface area (Å²) < 4.78 is 15.2. The van der Waals surface area contributed by atoms with Gasteiger partial charge in [0.25, 0.3) is 0 Å². The third-order valence-corrected chi connectivity index (χ3v) is 9.13. The van der Waals surface area contributed by atoms with Crippen molar-refractivity contribution in [3.8, 4) is 0 Å². The highest BCUT2D eigenvalue weighted by Crippen LogP contribution is 2.59. The zero-order chi connectivity index (χ0) is 19.9. The number of ether oxygens (including phenoxy) is 1. The summed E-state index contributed by atoms with van der Waals surface area (Å²) in [4.78, 5) is 0. The van der Waals surface area contributed by atoms with Crippen LogP contribution < -0.4 is 0 Å². The van der Waals surface area contributed by atoms with E-state index >= 15 is 0 Å². The van der Waals surface area contributed by atoms with Gasteiger partial charge in [-0.3, -0.25) is 0 Å². The molecule has 2 fully saturated rings. The third-order valence-electron chi connectivity index (χ3n) is 7.25. The van der Waals surface area contributed by atoms with Gasteiger partial charge in [-0.1, -0.05) is 54.2 Å². The highest BCUT2D eigenvalue weighted by Gasteiger charge is 2.50. The average molecular weight is 503 g/mol. The van der Waals surface area contributed by atoms with Gasteiger partial charge in [-0.05, 0) is 85.9 Å². The lowest BCUT2D eigenvalue weighted by Crippen LogP contribution is -2.39. The van der Waals surface area contributed by atoms with Gasteiger partial charge in [-0.25, -0.2) is 0 Å². The predicted molar refractivity (Wildman–Crippen MR) is 126 cm³/mol. The van der Waals surface area contributed by atoms with Crippen LogP contribution in [0.2, 0.25) is 19.6 Å². The van der Waals surface area contributed by atoms with Gasteiger partial charge in [0.1, 0.15) is 0 Å². The van der Waals surface area contributed by atoms with E-state index in [1.54, 1.807) is 5.57 Å². The number of hydrogen-bond acceptors (Lipinski definition) is 2. The Bertz CT molecular complexity index is 596. The van der Waals surface area contributed by atoms with Crippen molar-refractivity contribution in [3.63, 3.8) is 0 Å². The minimum Gasteiger partial charge on any atom is -0.409 e. The summed E-state index contributed by atoms with van der Waals surface area (Å²) in [5, 5.41) is 0. The van der Waals surface area contributed by atoms with E-state index in [0.29, 0.717) is 11.3 Å². The van der Waals surface area contributed by atoms with E-state index in [1.165, 1.54) is 32.1 Å². The van der Waals surface area contributed by atoms with Gasteiger partial charge < -0.3 is 9.16 Å². The molecule has 0 aromatic carbocycles. The van der Waals surface area contributed by atoms with E-state index in [9.17, 15) is 0 Å². The molecule has 0 amide bonds. The van der Waals surface area contributed by atoms with Crippen molar-refractivity contribution in [2.45, 2.75) is 90.6 Å². The van der Waals surface area contributed by atoms with E-state index < -0.39 is 8.32 Å². The maximum atomic E-state index is 6.40. The van der Waals surface area contributed by atoms with Crippen molar-refractivity contribution in [3.05, 3.63) is 21.8 Å². The molecule has 0 spiro atoms. The van der Waals surface area contributed by atoms with Crippen LogP contribution in [0.15, 0.2) is 21.8 Å². The normalized spacial score (nSPS) is 41.9. The Kier molecular flexibility index (Phi) is 6.72. The molecule has 154 valence electrons. The molecule has 0 aromatic heterocycles. The molecule has 2 saturated carbocycles. The molecule has 1 unspecified atom stereocenters. The first kappa shape index (κ1) is 22.0. The molecule has 0 bridgehead atoms. The number of hydrogen-bond donors (Lipinski definition) is 0. The fourth-order valence-electron chi connectivity index (χ4n) is 6.27. The first-order valence-electron chi connectivity index (χ1n) is 10.9. The van der Waals surface area contributed by atoms with Gasteiger partial charge in [-0.2, -0.15) is 0 Å². The van der Waals surface area contributed by atoms with E-state index in [4.69, 9.17) is 9.16 Å². The van der Waals surface area contributed by atoms with Crippen LogP contribution in [0.25, 0.3) is 0 Å². The topological polar surface area (TPSA) is 18.5 Å². The fourth-order valence-corrected chi connectivity index (χ4v) is 8.57. The second kappa shape index (κ2) is 8.23. The largest absolute Gasteiger partial charge is 0.409 e. The maximum Gasteiger partial charge on any atom is 0.184 e. The van der Waals surface area contributed by atoms with Gasteiger partial charge >= 0.3 is 0 Å². The first-order chi connectivity index (χ1) is 12.6. The van der Waals surface area contributed by atoms with Gasteiger partial charge in [0.15, 0.2) is 8.32 Å². The standard InChI is InChI=1S/C23H39IO2Si/c1-17(16-25-19-11-13-22(2,14-19)26-27(4,5)6)20-9-10-21-18(15-24)8-7-12-23(20,21)3/h11,13,15,17,19-21H,7-10,12,14,16H2,1-6H3/b18-15+/t17-,19-,20+,21?,22+,23+/m0/s1. The smallest absolute Gasteiger partial charge is 0.184 e. The van der Waals surface area contributed by atoms with Gasteiger partial charge in [0.05, 0.1) is 18.3 Å². The monoisotopic (exact) mass is 502 g/mol. The van der Waals surface area contributed by atoms with E-state index in [1.807, 2.05) is 0 Å². The first-order valence-corrected chi connectivity index (χ1v) is 15.5. The summed E-state index contributed by atoms with van der Waals surface area (Å²) in [6.07, 6.45) is 12.5. The number of allylic oxidation sites excluding steroid dienone is 1. The molecule has 0 radical (unpaired) electrons. The third kappa shape index (κ3) is 4.92. The Morgan fingerprint density at radius 2 is 2.04 bits per heavy atom. The molecule has 2 nitrogen and oxygen atoms in total. The Morgan fingerprint density at radius 3 is 2.70 bits per heavy atom. The van der Waals surface area contributed by atoms with Crippen molar-refractivity contribution in [1.29, 1.82) is 0 Å². The van der Waals surface area contributed by atoms with Crippen LogP contribution in [-0.2, 0) is 9.16 Å². The second-order valence-electron chi connectivity index (χ2n) is 10.7. The van der Waals surface area contributed by atoms with Crippen LogP contribution in [0.3, 0.4) is 0 Å². The second-order valence-corrected chi connectivity index (χ2v) is 15.8. The molecule has 0 aromatic rings. The average Bonchev–Trinajstić information content (AvgIpc) is 3.10. The van der Waals surface area contributed by atoms with Crippen LogP contribution in [0.1, 0.15) is 59.3 Å². The lowest BCUT2D eigenvalue weighted by Gasteiger charge is -2.44. The maximum absolute atomic E-state index is 6.40. The molecule has 4 heteroatoms. The lowest BCUT2D eigenvalue weighted by molar-refractivity contribution is -0.00461. The summed E-state index contributed by atoms with van der Waals surface area (Å²) in [5.74, 6) is 2.24. The van der Waals surface area contributed by atoms with Crippen molar-refractivity contribution in [2.24, 2.45) is 23.2 Å². The summed E-state index contributed by atoms with van der Waals surface area (Å²) in [5.41, 5.74) is 2.07. The molecule has 0 aliphatic heterocycles. The lowest BCUT2D eigenvalue weighted by atomic mass is 9.61. The number of fused-ring (bicyclic) bond motifs is 1. The molecular weight excluding hydrogens is 463 g/mol. The molecule has 0 N–H and O–H groups in total. The van der Waals surface area contributed by atoms with E-state index in [2.05, 4.69) is 79.2 Å². The fraction of sp³-hybridized carbons (Fsp3) is 0.826. The molecule has 6 atom stereocenters. The minimum absolute atomic E-state index is 0.133. The summed E-state index contributed by atoms with van der Waals surface area (Å²) in [7, 11) is -1.54. The van der Waals surface area contributed by atoms with Gasteiger partial charge in [0.2, 0.25) is 0 Å². The molecule has 0 heterocycles. The molecular formula is C23H39IO2Si. The van der Waals surface area contributed by atoms with Crippen molar-refractivity contribution in [1.82, 2.24) is 0 Å². The molecule has 3 aliphatic rings. The van der Waals surface area contributed by atoms with Gasteiger partial charge in [-0.15, -0.1) is 0 Å². The zero-order valence-corrected chi connectivity index (χ0v) is 21.3. The van der Waals surface area contributed by atoms with E-state index in [0.717, 1.165) is 24.9 Å². The quantitative estimate of drug-likeness (QED) is 0.219. The van der Waals surface area contributed by atoms with Crippen LogP contribution in [0, 0.1) is 23.2 Å². The molecule has 0 saturated heterocycles. The highest BCUT2D eigenvalue weighted by atomic mass is 127. The number of halogens is 1. The van der Waals surface area contributed by atoms with Crippen molar-refractivity contribution >= 4 is 30.9 Å². The van der Waals surface area contributed by atoms with Gasteiger partial charge in [0, 0.05) is 6.42 Å². The molecule has 27 heavy (non-hydrogen) atoms. The molecule has 3 aliphatic carbocycles. The van der Waals surface area contributed by atoms with Crippen LogP contribution in [0.4, 0.5) is 0 Å².